The standard InChI is InChI=1S/C26H25N3O3S/c1-19-7-14-23(15-8-19)33(31,32)28-24-6-2-4-22-5-3-17-29(26(22)24)25(30)16-13-20-9-11-21(18-27)12-10-20/h2,4,6-12,14-15,28H,3,5,13,16-17H2,1H3. The van der Waals surface area contributed by atoms with Crippen molar-refractivity contribution in [2.45, 2.75) is 37.5 Å². The second-order valence-corrected chi connectivity index (χ2v) is 9.87. The lowest BCUT2D eigenvalue weighted by Crippen LogP contribution is -2.36. The quantitative estimate of drug-likeness (QED) is 0.584. The number of aryl methyl sites for hydroxylation is 3. The van der Waals surface area contributed by atoms with Crippen LogP contribution in [0.25, 0.3) is 0 Å². The summed E-state index contributed by atoms with van der Waals surface area (Å²) in [4.78, 5) is 15.1. The zero-order valence-corrected chi connectivity index (χ0v) is 19.2. The third-order valence-corrected chi connectivity index (χ3v) is 7.19. The molecule has 0 aromatic heterocycles. The topological polar surface area (TPSA) is 90.3 Å². The van der Waals surface area contributed by atoms with Crippen molar-refractivity contribution in [2.75, 3.05) is 16.2 Å². The molecular formula is C26H25N3O3S. The number of nitrogens with one attached hydrogen (secondary N) is 1. The maximum Gasteiger partial charge on any atom is 0.261 e. The highest BCUT2D eigenvalue weighted by atomic mass is 32.2. The van der Waals surface area contributed by atoms with Crippen LogP contribution in [0.4, 0.5) is 11.4 Å². The maximum atomic E-state index is 13.2. The number of nitriles is 1. The average molecular weight is 460 g/mol. The van der Waals surface area contributed by atoms with Crippen LogP contribution in [0.1, 0.15) is 35.1 Å². The van der Waals surface area contributed by atoms with Crippen molar-refractivity contribution in [1.82, 2.24) is 0 Å². The summed E-state index contributed by atoms with van der Waals surface area (Å²) in [5.74, 6) is -0.0534. The van der Waals surface area contributed by atoms with Crippen molar-refractivity contribution in [2.24, 2.45) is 0 Å². The first-order chi connectivity index (χ1) is 15.9. The lowest BCUT2D eigenvalue weighted by molar-refractivity contribution is -0.118. The molecule has 0 aliphatic carbocycles. The summed E-state index contributed by atoms with van der Waals surface area (Å²) in [6.07, 6.45) is 2.45. The number of hydrogen-bond donors (Lipinski definition) is 1. The number of anilines is 2. The number of hydrogen-bond acceptors (Lipinski definition) is 4. The van der Waals surface area contributed by atoms with Crippen LogP contribution in [-0.2, 0) is 27.7 Å². The number of fused-ring (bicyclic) bond motifs is 1. The number of sulfonamides is 1. The predicted octanol–water partition coefficient (Wildman–Crippen LogP) is 4.58. The van der Waals surface area contributed by atoms with Crippen LogP contribution in [0, 0.1) is 18.3 Å². The Bertz CT molecular complexity index is 1310. The van der Waals surface area contributed by atoms with Gasteiger partial charge < -0.3 is 4.90 Å². The summed E-state index contributed by atoms with van der Waals surface area (Å²) in [5, 5.41) is 8.94. The molecule has 0 unspecified atom stereocenters. The predicted molar refractivity (Wildman–Crippen MR) is 129 cm³/mol. The van der Waals surface area contributed by atoms with Gasteiger partial charge in [0, 0.05) is 13.0 Å². The van der Waals surface area contributed by atoms with Crippen molar-refractivity contribution in [3.63, 3.8) is 0 Å². The summed E-state index contributed by atoms with van der Waals surface area (Å²) in [5.41, 5.74) is 4.55. The Morgan fingerprint density at radius 1 is 1.06 bits per heavy atom. The third-order valence-electron chi connectivity index (χ3n) is 5.80. The lowest BCUT2D eigenvalue weighted by atomic mass is 9.99. The summed E-state index contributed by atoms with van der Waals surface area (Å²) in [7, 11) is -3.79. The van der Waals surface area contributed by atoms with Gasteiger partial charge in [0.15, 0.2) is 0 Å². The largest absolute Gasteiger partial charge is 0.310 e. The van der Waals surface area contributed by atoms with Gasteiger partial charge in [0.25, 0.3) is 10.0 Å². The molecule has 6 nitrogen and oxygen atoms in total. The summed E-state index contributed by atoms with van der Waals surface area (Å²) in [6.45, 7) is 2.45. The van der Waals surface area contributed by atoms with E-state index in [1.165, 1.54) is 0 Å². The summed E-state index contributed by atoms with van der Waals surface area (Å²) in [6, 6.07) is 21.4. The second kappa shape index (κ2) is 9.47. The van der Waals surface area contributed by atoms with Crippen LogP contribution in [0.3, 0.4) is 0 Å². The van der Waals surface area contributed by atoms with E-state index in [1.807, 2.05) is 31.2 Å². The average Bonchev–Trinajstić information content (AvgIpc) is 2.82. The molecule has 1 aliphatic heterocycles. The Morgan fingerprint density at radius 3 is 2.48 bits per heavy atom. The van der Waals surface area contributed by atoms with Crippen molar-refractivity contribution in [3.8, 4) is 6.07 Å². The van der Waals surface area contributed by atoms with Gasteiger partial charge in [-0.2, -0.15) is 5.26 Å². The molecule has 4 rings (SSSR count). The van der Waals surface area contributed by atoms with Gasteiger partial charge in [-0.15, -0.1) is 0 Å². The molecule has 0 atom stereocenters. The highest BCUT2D eigenvalue weighted by molar-refractivity contribution is 7.92. The van der Waals surface area contributed by atoms with E-state index in [4.69, 9.17) is 5.26 Å². The van der Waals surface area contributed by atoms with Crippen molar-refractivity contribution >= 4 is 27.3 Å². The van der Waals surface area contributed by atoms with Gasteiger partial charge in [-0.05, 0) is 67.6 Å². The Balaban J connectivity index is 1.57. The molecule has 0 saturated carbocycles. The zero-order chi connectivity index (χ0) is 23.4. The van der Waals surface area contributed by atoms with Crippen LogP contribution in [0.15, 0.2) is 71.6 Å². The Kier molecular flexibility index (Phi) is 6.47. The van der Waals surface area contributed by atoms with E-state index in [1.54, 1.807) is 47.4 Å². The van der Waals surface area contributed by atoms with E-state index in [2.05, 4.69) is 10.8 Å². The molecule has 168 valence electrons. The van der Waals surface area contributed by atoms with Crippen LogP contribution < -0.4 is 9.62 Å². The van der Waals surface area contributed by atoms with Gasteiger partial charge in [-0.1, -0.05) is 42.0 Å². The SMILES string of the molecule is Cc1ccc(S(=O)(=O)Nc2cccc3c2N(C(=O)CCc2ccc(C#N)cc2)CCC3)cc1. The first kappa shape index (κ1) is 22.6. The minimum absolute atomic E-state index is 0.0534. The number of benzene rings is 3. The van der Waals surface area contributed by atoms with Crippen LogP contribution >= 0.6 is 0 Å². The molecule has 7 heteroatoms. The maximum absolute atomic E-state index is 13.2. The number of nitrogens with zero attached hydrogens (tertiary/aromatic N) is 2. The van der Waals surface area contributed by atoms with E-state index in [9.17, 15) is 13.2 Å². The molecule has 3 aromatic rings. The lowest BCUT2D eigenvalue weighted by Gasteiger charge is -2.32. The van der Waals surface area contributed by atoms with Gasteiger partial charge in [-0.3, -0.25) is 9.52 Å². The molecule has 3 aromatic carbocycles. The zero-order valence-electron chi connectivity index (χ0n) is 18.4. The molecule has 0 spiro atoms. The normalized spacial score (nSPS) is 13.2. The summed E-state index contributed by atoms with van der Waals surface area (Å²) >= 11 is 0. The van der Waals surface area contributed by atoms with Crippen LogP contribution in [0.5, 0.6) is 0 Å². The van der Waals surface area contributed by atoms with Gasteiger partial charge in [0.05, 0.1) is 27.9 Å². The molecule has 0 saturated heterocycles. The van der Waals surface area contributed by atoms with E-state index in [0.29, 0.717) is 36.3 Å². The van der Waals surface area contributed by atoms with Crippen molar-refractivity contribution < 1.29 is 13.2 Å². The second-order valence-electron chi connectivity index (χ2n) is 8.19. The van der Waals surface area contributed by atoms with E-state index >= 15 is 0 Å². The summed E-state index contributed by atoms with van der Waals surface area (Å²) < 4.78 is 28.7. The molecular weight excluding hydrogens is 434 g/mol. The fourth-order valence-corrected chi connectivity index (χ4v) is 5.10. The van der Waals surface area contributed by atoms with Gasteiger partial charge in [0.2, 0.25) is 5.91 Å². The van der Waals surface area contributed by atoms with E-state index in [-0.39, 0.29) is 10.8 Å². The fourth-order valence-electron chi connectivity index (χ4n) is 4.04. The smallest absolute Gasteiger partial charge is 0.261 e. The molecule has 1 aliphatic rings. The van der Waals surface area contributed by atoms with Crippen molar-refractivity contribution in [3.05, 3.63) is 89.0 Å². The Labute approximate surface area is 194 Å². The fraction of sp³-hybridized carbons (Fsp3) is 0.231. The van der Waals surface area contributed by atoms with E-state index < -0.39 is 10.0 Å². The first-order valence-corrected chi connectivity index (χ1v) is 12.4. The third kappa shape index (κ3) is 5.07. The Morgan fingerprint density at radius 2 is 1.79 bits per heavy atom. The van der Waals surface area contributed by atoms with Crippen LogP contribution in [0.2, 0.25) is 0 Å². The monoisotopic (exact) mass is 459 g/mol. The van der Waals surface area contributed by atoms with Gasteiger partial charge in [-0.25, -0.2) is 8.42 Å². The number of para-hydroxylation sites is 1. The molecule has 0 fully saturated rings. The minimum Gasteiger partial charge on any atom is -0.310 e. The molecule has 33 heavy (non-hydrogen) atoms. The van der Waals surface area contributed by atoms with E-state index in [0.717, 1.165) is 29.5 Å². The number of carbonyl (C=O) groups excluding carboxylic acids is 1. The number of rotatable bonds is 6. The highest BCUT2D eigenvalue weighted by Crippen LogP contribution is 2.36. The molecule has 1 heterocycles. The number of amides is 1. The number of carbonyl (C=O) groups is 1. The van der Waals surface area contributed by atoms with Crippen molar-refractivity contribution in [1.29, 1.82) is 5.26 Å². The van der Waals surface area contributed by atoms with Gasteiger partial charge >= 0.3 is 0 Å². The van der Waals surface area contributed by atoms with Gasteiger partial charge in [0.1, 0.15) is 0 Å². The minimum atomic E-state index is -3.79. The first-order valence-electron chi connectivity index (χ1n) is 10.9. The molecule has 0 radical (unpaired) electrons. The molecule has 1 amide bonds. The van der Waals surface area contributed by atoms with Crippen LogP contribution in [-0.4, -0.2) is 20.9 Å². The highest BCUT2D eigenvalue weighted by Gasteiger charge is 2.27. The molecule has 1 N–H and O–H groups in total. The molecule has 0 bridgehead atoms. The Hall–Kier alpha value is -3.63.